The average molecular weight is 538 g/mol. The van der Waals surface area contributed by atoms with Crippen molar-refractivity contribution in [1.82, 2.24) is 14.8 Å². The first kappa shape index (κ1) is 26.6. The molecule has 2 aromatic heterocycles. The zero-order valence-electron chi connectivity index (χ0n) is 23.1. The predicted octanol–water partition coefficient (Wildman–Crippen LogP) is 7.17. The molecule has 0 aliphatic heterocycles. The monoisotopic (exact) mass is 537 g/mol. The van der Waals surface area contributed by atoms with E-state index in [1.165, 1.54) is 0 Å². The molecule has 0 aliphatic carbocycles. The lowest BCUT2D eigenvalue weighted by atomic mass is 9.92. The van der Waals surface area contributed by atoms with Crippen LogP contribution in [0.15, 0.2) is 85.1 Å². The normalized spacial score (nSPS) is 11.2. The molecule has 9 nitrogen and oxygen atoms in total. The molecule has 2 heterocycles. The molecule has 0 spiro atoms. The highest BCUT2D eigenvalue weighted by Crippen LogP contribution is 2.37. The molecule has 0 aliphatic rings. The molecule has 0 saturated carbocycles. The number of carbonyl (C=O) groups is 1. The van der Waals surface area contributed by atoms with Crippen molar-refractivity contribution in [3.8, 4) is 28.7 Å². The van der Waals surface area contributed by atoms with Gasteiger partial charge < -0.3 is 19.5 Å². The third-order valence-corrected chi connectivity index (χ3v) is 6.27. The topological polar surface area (TPSA) is 99.5 Å². The van der Waals surface area contributed by atoms with Crippen molar-refractivity contribution < 1.29 is 19.0 Å². The summed E-state index contributed by atoms with van der Waals surface area (Å²) in [5, 5.41) is 11.3. The van der Waals surface area contributed by atoms with Crippen molar-refractivity contribution in [1.29, 1.82) is 0 Å². The summed E-state index contributed by atoms with van der Waals surface area (Å²) in [6, 6.07) is 23.8. The number of anilines is 2. The maximum absolute atomic E-state index is 12.9. The van der Waals surface area contributed by atoms with Gasteiger partial charge in [0.1, 0.15) is 17.3 Å². The number of rotatable bonds is 7. The van der Waals surface area contributed by atoms with Gasteiger partial charge in [-0.2, -0.15) is 5.10 Å². The van der Waals surface area contributed by atoms with Gasteiger partial charge in [-0.05, 0) is 48.5 Å². The van der Waals surface area contributed by atoms with E-state index in [4.69, 9.17) is 19.3 Å². The smallest absolute Gasteiger partial charge is 0.324 e. The molecule has 5 rings (SSSR count). The van der Waals surface area contributed by atoms with Crippen LogP contribution in [0.25, 0.3) is 16.6 Å². The Morgan fingerprint density at radius 1 is 0.825 bits per heavy atom. The highest BCUT2D eigenvalue weighted by Gasteiger charge is 2.21. The summed E-state index contributed by atoms with van der Waals surface area (Å²) < 4.78 is 18.7. The van der Waals surface area contributed by atoms with Gasteiger partial charge in [0, 0.05) is 34.8 Å². The van der Waals surface area contributed by atoms with E-state index in [-0.39, 0.29) is 11.4 Å². The maximum Gasteiger partial charge on any atom is 0.324 e. The fourth-order valence-electron chi connectivity index (χ4n) is 4.15. The molecule has 2 amide bonds. The lowest BCUT2D eigenvalue weighted by Crippen LogP contribution is -2.21. The Labute approximate surface area is 232 Å². The molecule has 2 N–H and O–H groups in total. The summed E-state index contributed by atoms with van der Waals surface area (Å²) in [4.78, 5) is 17.3. The highest BCUT2D eigenvalue weighted by atomic mass is 16.5. The molecule has 0 radical (unpaired) electrons. The van der Waals surface area contributed by atoms with Crippen LogP contribution < -0.4 is 24.8 Å². The summed E-state index contributed by atoms with van der Waals surface area (Å²) in [6.45, 7) is 6.25. The van der Waals surface area contributed by atoms with Gasteiger partial charge in [-0.1, -0.05) is 39.0 Å². The van der Waals surface area contributed by atoms with E-state index in [9.17, 15) is 4.79 Å². The molecule has 0 fully saturated rings. The number of para-hydroxylation sites is 1. The van der Waals surface area contributed by atoms with E-state index in [2.05, 4.69) is 36.4 Å². The first-order valence-corrected chi connectivity index (χ1v) is 12.8. The van der Waals surface area contributed by atoms with Crippen LogP contribution in [0.1, 0.15) is 26.5 Å². The number of pyridine rings is 1. The van der Waals surface area contributed by atoms with Gasteiger partial charge in [0.15, 0.2) is 11.5 Å². The number of amides is 2. The van der Waals surface area contributed by atoms with Crippen LogP contribution in [0.3, 0.4) is 0 Å². The number of carbonyl (C=O) groups excluding carboxylic acids is 1. The summed E-state index contributed by atoms with van der Waals surface area (Å²) in [7, 11) is 3.17. The Bertz CT molecular complexity index is 1640. The second-order valence-electron chi connectivity index (χ2n) is 10.2. The van der Waals surface area contributed by atoms with Gasteiger partial charge in [-0.15, -0.1) is 0 Å². The van der Waals surface area contributed by atoms with Crippen molar-refractivity contribution in [2.75, 3.05) is 24.9 Å². The summed E-state index contributed by atoms with van der Waals surface area (Å²) in [5.74, 6) is 2.97. The Balaban J connectivity index is 1.31. The molecule has 0 bridgehead atoms. The number of hydrogen-bond donors (Lipinski definition) is 2. The third kappa shape index (κ3) is 5.68. The van der Waals surface area contributed by atoms with Gasteiger partial charge in [0.25, 0.3) is 0 Å². The SMILES string of the molecule is COc1cc2nccc(Oc3ccc(NC(=O)Nc4cc(C(C)(C)C)nn4-c4ccccc4)cc3)c2cc1OC. The molecular weight excluding hydrogens is 506 g/mol. The van der Waals surface area contributed by atoms with Gasteiger partial charge in [0.2, 0.25) is 0 Å². The maximum atomic E-state index is 12.9. The number of urea groups is 1. The van der Waals surface area contributed by atoms with Crippen molar-refractivity contribution in [3.63, 3.8) is 0 Å². The number of nitrogens with one attached hydrogen (secondary N) is 2. The first-order valence-electron chi connectivity index (χ1n) is 12.8. The second-order valence-corrected chi connectivity index (χ2v) is 10.2. The van der Waals surface area contributed by atoms with Crippen LogP contribution in [0.5, 0.6) is 23.0 Å². The summed E-state index contributed by atoms with van der Waals surface area (Å²) in [6.07, 6.45) is 1.68. The fraction of sp³-hybridized carbons (Fsp3) is 0.194. The molecule has 40 heavy (non-hydrogen) atoms. The zero-order chi connectivity index (χ0) is 28.3. The minimum absolute atomic E-state index is 0.180. The third-order valence-electron chi connectivity index (χ3n) is 6.27. The highest BCUT2D eigenvalue weighted by molar-refractivity contribution is 5.99. The Hall–Kier alpha value is -5.05. The summed E-state index contributed by atoms with van der Waals surface area (Å²) in [5.41, 5.74) is 2.87. The Morgan fingerprint density at radius 3 is 2.20 bits per heavy atom. The van der Waals surface area contributed by atoms with Crippen LogP contribution in [0.2, 0.25) is 0 Å². The van der Waals surface area contributed by atoms with E-state index >= 15 is 0 Å². The van der Waals surface area contributed by atoms with Crippen LogP contribution in [-0.2, 0) is 5.41 Å². The van der Waals surface area contributed by atoms with E-state index in [1.807, 2.05) is 42.5 Å². The van der Waals surface area contributed by atoms with Crippen LogP contribution in [0.4, 0.5) is 16.3 Å². The second kappa shape index (κ2) is 11.0. The number of methoxy groups -OCH3 is 2. The minimum atomic E-state index is -0.382. The Morgan fingerprint density at radius 2 is 1.52 bits per heavy atom. The average Bonchev–Trinajstić information content (AvgIpc) is 3.38. The molecule has 204 valence electrons. The van der Waals surface area contributed by atoms with E-state index in [1.54, 1.807) is 61.5 Å². The number of benzene rings is 3. The molecule has 3 aromatic carbocycles. The zero-order valence-corrected chi connectivity index (χ0v) is 23.1. The van der Waals surface area contributed by atoms with E-state index in [0.29, 0.717) is 34.5 Å². The van der Waals surface area contributed by atoms with Crippen LogP contribution in [0, 0.1) is 0 Å². The lowest BCUT2D eigenvalue weighted by Gasteiger charge is -2.14. The lowest BCUT2D eigenvalue weighted by molar-refractivity contribution is 0.262. The van der Waals surface area contributed by atoms with Crippen molar-refractivity contribution in [2.45, 2.75) is 26.2 Å². The van der Waals surface area contributed by atoms with Gasteiger partial charge >= 0.3 is 6.03 Å². The fourth-order valence-corrected chi connectivity index (χ4v) is 4.15. The van der Waals surface area contributed by atoms with Gasteiger partial charge in [-0.25, -0.2) is 9.48 Å². The van der Waals surface area contributed by atoms with Crippen molar-refractivity contribution >= 4 is 28.4 Å². The molecular formula is C31H31N5O4. The molecule has 5 aromatic rings. The first-order chi connectivity index (χ1) is 19.2. The number of aromatic nitrogens is 3. The van der Waals surface area contributed by atoms with Crippen molar-refractivity contribution in [3.05, 3.63) is 90.8 Å². The van der Waals surface area contributed by atoms with E-state index in [0.717, 1.165) is 22.3 Å². The quantitative estimate of drug-likeness (QED) is 0.228. The van der Waals surface area contributed by atoms with Gasteiger partial charge in [0.05, 0.1) is 31.1 Å². The Kier molecular flexibility index (Phi) is 7.29. The van der Waals surface area contributed by atoms with Gasteiger partial charge in [-0.3, -0.25) is 10.3 Å². The number of hydrogen-bond acceptors (Lipinski definition) is 6. The number of ether oxygens (including phenoxy) is 3. The molecule has 9 heteroatoms. The number of nitrogens with zero attached hydrogens (tertiary/aromatic N) is 3. The standard InChI is InChI=1S/C31H31N5O4/c1-31(2,3)28-19-29(36(35-28)21-9-7-6-8-10-21)34-30(37)33-20-11-13-22(14-12-20)40-25-15-16-32-24-18-27(39-5)26(38-4)17-23(24)25/h6-19H,1-5H3,(H2,33,34,37). The molecule has 0 atom stereocenters. The molecule has 0 unspecified atom stereocenters. The largest absolute Gasteiger partial charge is 0.493 e. The van der Waals surface area contributed by atoms with Crippen molar-refractivity contribution in [2.24, 2.45) is 0 Å². The predicted molar refractivity (Wildman–Crippen MR) is 156 cm³/mol. The van der Waals surface area contributed by atoms with E-state index < -0.39 is 0 Å². The minimum Gasteiger partial charge on any atom is -0.493 e. The number of fused-ring (bicyclic) bond motifs is 1. The summed E-state index contributed by atoms with van der Waals surface area (Å²) >= 11 is 0. The van der Waals surface area contributed by atoms with Crippen LogP contribution in [-0.4, -0.2) is 35.0 Å². The van der Waals surface area contributed by atoms with Crippen LogP contribution >= 0.6 is 0 Å². The molecule has 0 saturated heterocycles.